The Morgan fingerprint density at radius 3 is 2.71 bits per heavy atom. The molecule has 0 bridgehead atoms. The van der Waals surface area contributed by atoms with Crippen molar-refractivity contribution in [3.05, 3.63) is 30.3 Å². The van der Waals surface area contributed by atoms with Crippen LogP contribution >= 0.6 is 0 Å². The highest BCUT2D eigenvalue weighted by molar-refractivity contribution is 5.78. The number of ether oxygens (including phenoxy) is 2. The smallest absolute Gasteiger partial charge is 0.258 e. The summed E-state index contributed by atoms with van der Waals surface area (Å²) in [6.45, 7) is 3.29. The second-order valence-electron chi connectivity index (χ2n) is 6.52. The van der Waals surface area contributed by atoms with Crippen LogP contribution in [0.4, 0.5) is 0 Å². The molecule has 0 spiro atoms. The third-order valence-electron chi connectivity index (χ3n) is 4.87. The van der Waals surface area contributed by atoms with E-state index in [0.717, 1.165) is 39.1 Å². The summed E-state index contributed by atoms with van der Waals surface area (Å²) in [7, 11) is 0. The van der Waals surface area contributed by atoms with Crippen LogP contribution in [0.15, 0.2) is 30.3 Å². The number of rotatable bonds is 6. The summed E-state index contributed by atoms with van der Waals surface area (Å²) in [5.74, 6) is 0.617. The van der Waals surface area contributed by atoms with Crippen LogP contribution < -0.4 is 10.1 Å². The Morgan fingerprint density at radius 1 is 1.25 bits per heavy atom. The van der Waals surface area contributed by atoms with E-state index >= 15 is 0 Å². The first kappa shape index (κ1) is 17.2. The summed E-state index contributed by atoms with van der Waals surface area (Å²) in [6.07, 6.45) is 2.05. The van der Waals surface area contributed by atoms with Gasteiger partial charge in [0.15, 0.2) is 6.61 Å². The van der Waals surface area contributed by atoms with Crippen LogP contribution in [-0.4, -0.2) is 67.5 Å². The molecule has 1 amide bonds. The molecule has 0 saturated carbocycles. The Morgan fingerprint density at radius 2 is 2.00 bits per heavy atom. The average molecular weight is 334 g/mol. The van der Waals surface area contributed by atoms with Gasteiger partial charge in [0, 0.05) is 50.9 Å². The minimum atomic E-state index is -0.142. The van der Waals surface area contributed by atoms with Gasteiger partial charge in [-0.15, -0.1) is 0 Å². The van der Waals surface area contributed by atoms with Crippen LogP contribution in [0.5, 0.6) is 5.75 Å². The summed E-state index contributed by atoms with van der Waals surface area (Å²) in [6, 6.07) is 9.77. The quantitative estimate of drug-likeness (QED) is 0.799. The lowest BCUT2D eigenvalue weighted by atomic mass is 10.1. The van der Waals surface area contributed by atoms with Crippen molar-refractivity contribution in [2.45, 2.75) is 24.9 Å². The largest absolute Gasteiger partial charge is 0.484 e. The van der Waals surface area contributed by atoms with Crippen molar-refractivity contribution >= 4 is 5.91 Å². The second kappa shape index (κ2) is 8.46. The third-order valence-corrected chi connectivity index (χ3v) is 4.87. The number of aliphatic hydroxyl groups excluding tert-OH is 1. The molecular formula is C18H26N2O4. The monoisotopic (exact) mass is 334 g/mol. The predicted molar refractivity (Wildman–Crippen MR) is 89.9 cm³/mol. The fourth-order valence-corrected chi connectivity index (χ4v) is 3.52. The van der Waals surface area contributed by atoms with Gasteiger partial charge in [-0.1, -0.05) is 18.2 Å². The van der Waals surface area contributed by atoms with E-state index in [-0.39, 0.29) is 31.1 Å². The molecule has 6 nitrogen and oxygen atoms in total. The van der Waals surface area contributed by atoms with Gasteiger partial charge in [-0.2, -0.15) is 0 Å². The molecule has 2 heterocycles. The minimum Gasteiger partial charge on any atom is -0.484 e. The van der Waals surface area contributed by atoms with Crippen LogP contribution in [0.1, 0.15) is 12.8 Å². The Labute approximate surface area is 142 Å². The van der Waals surface area contributed by atoms with Gasteiger partial charge < -0.3 is 19.9 Å². The highest BCUT2D eigenvalue weighted by Crippen LogP contribution is 2.24. The number of carbonyl (C=O) groups excluding carboxylic acids is 1. The van der Waals surface area contributed by atoms with E-state index in [4.69, 9.17) is 9.47 Å². The number of carbonyl (C=O) groups is 1. The maximum absolute atomic E-state index is 12.2. The molecule has 2 aliphatic heterocycles. The zero-order valence-electron chi connectivity index (χ0n) is 13.9. The first-order valence-corrected chi connectivity index (χ1v) is 8.66. The molecule has 0 aromatic heterocycles. The van der Waals surface area contributed by atoms with Crippen molar-refractivity contribution in [2.24, 2.45) is 5.92 Å². The van der Waals surface area contributed by atoms with Crippen LogP contribution in [0.2, 0.25) is 0 Å². The molecule has 0 aliphatic carbocycles. The SMILES string of the molecule is O=C(COc1ccccc1)N[C@@H]1CN(C2CCOCC2)C[C@H]1CO. The summed E-state index contributed by atoms with van der Waals surface area (Å²) < 4.78 is 10.9. The van der Waals surface area contributed by atoms with Crippen molar-refractivity contribution in [1.82, 2.24) is 10.2 Å². The lowest BCUT2D eigenvalue weighted by Gasteiger charge is -2.31. The lowest BCUT2D eigenvalue weighted by Crippen LogP contribution is -2.44. The molecule has 1 aromatic rings. The first-order chi connectivity index (χ1) is 11.8. The molecule has 2 fully saturated rings. The van der Waals surface area contributed by atoms with Gasteiger partial charge in [0.1, 0.15) is 5.75 Å². The van der Waals surface area contributed by atoms with Crippen LogP contribution in [0, 0.1) is 5.92 Å². The van der Waals surface area contributed by atoms with Crippen molar-refractivity contribution in [2.75, 3.05) is 39.5 Å². The van der Waals surface area contributed by atoms with Gasteiger partial charge in [0.25, 0.3) is 5.91 Å². The average Bonchev–Trinajstić information content (AvgIpc) is 3.04. The predicted octanol–water partition coefficient (Wildman–Crippen LogP) is 0.653. The van der Waals surface area contributed by atoms with E-state index in [1.165, 1.54) is 0 Å². The maximum atomic E-state index is 12.2. The molecule has 2 saturated heterocycles. The van der Waals surface area contributed by atoms with Crippen LogP contribution in [0.25, 0.3) is 0 Å². The summed E-state index contributed by atoms with van der Waals surface area (Å²) in [4.78, 5) is 14.5. The summed E-state index contributed by atoms with van der Waals surface area (Å²) in [5.41, 5.74) is 0. The summed E-state index contributed by atoms with van der Waals surface area (Å²) >= 11 is 0. The molecular weight excluding hydrogens is 308 g/mol. The number of nitrogens with zero attached hydrogens (tertiary/aromatic N) is 1. The number of benzene rings is 1. The number of hydrogen-bond acceptors (Lipinski definition) is 5. The topological polar surface area (TPSA) is 71.0 Å². The van der Waals surface area contributed by atoms with Gasteiger partial charge in [-0.25, -0.2) is 0 Å². The van der Waals surface area contributed by atoms with E-state index in [9.17, 15) is 9.90 Å². The molecule has 1 aromatic carbocycles. The standard InChI is InChI=1S/C18H26N2O4/c21-12-14-10-20(15-6-8-23-9-7-15)11-17(14)19-18(22)13-24-16-4-2-1-3-5-16/h1-5,14-15,17,21H,6-13H2,(H,19,22)/t14-,17+/m0/s1. The highest BCUT2D eigenvalue weighted by Gasteiger charge is 2.36. The van der Waals surface area contributed by atoms with Gasteiger partial charge in [0.05, 0.1) is 0 Å². The van der Waals surface area contributed by atoms with Gasteiger partial charge >= 0.3 is 0 Å². The molecule has 132 valence electrons. The van der Waals surface area contributed by atoms with Crippen LogP contribution in [0.3, 0.4) is 0 Å². The zero-order chi connectivity index (χ0) is 16.8. The second-order valence-corrected chi connectivity index (χ2v) is 6.52. The molecule has 6 heteroatoms. The first-order valence-electron chi connectivity index (χ1n) is 8.66. The molecule has 2 aliphatic rings. The fraction of sp³-hybridized carbons (Fsp3) is 0.611. The molecule has 2 atom stereocenters. The number of hydrogen-bond donors (Lipinski definition) is 2. The number of aliphatic hydroxyl groups is 1. The van der Waals surface area contributed by atoms with Crippen molar-refractivity contribution < 1.29 is 19.4 Å². The Balaban J connectivity index is 1.48. The van der Waals surface area contributed by atoms with Crippen molar-refractivity contribution in [3.8, 4) is 5.75 Å². The number of para-hydroxylation sites is 1. The van der Waals surface area contributed by atoms with Crippen molar-refractivity contribution in [1.29, 1.82) is 0 Å². The van der Waals surface area contributed by atoms with Gasteiger partial charge in [-0.05, 0) is 25.0 Å². The van der Waals surface area contributed by atoms with E-state index < -0.39 is 0 Å². The Bertz CT molecular complexity index is 519. The highest BCUT2D eigenvalue weighted by atomic mass is 16.5. The van der Waals surface area contributed by atoms with E-state index in [1.807, 2.05) is 30.3 Å². The molecule has 24 heavy (non-hydrogen) atoms. The normalized spacial score (nSPS) is 25.5. The third kappa shape index (κ3) is 4.47. The molecule has 0 unspecified atom stereocenters. The number of nitrogens with one attached hydrogen (secondary N) is 1. The molecule has 2 N–H and O–H groups in total. The minimum absolute atomic E-state index is 0.00404. The number of amides is 1. The summed E-state index contributed by atoms with van der Waals surface area (Å²) in [5, 5.41) is 12.7. The van der Waals surface area contributed by atoms with E-state index in [1.54, 1.807) is 0 Å². The zero-order valence-corrected chi connectivity index (χ0v) is 13.9. The Kier molecular flexibility index (Phi) is 6.07. The Hall–Kier alpha value is -1.63. The van der Waals surface area contributed by atoms with Crippen molar-refractivity contribution in [3.63, 3.8) is 0 Å². The van der Waals surface area contributed by atoms with Gasteiger partial charge in [0.2, 0.25) is 0 Å². The van der Waals surface area contributed by atoms with E-state index in [2.05, 4.69) is 10.2 Å². The van der Waals surface area contributed by atoms with Crippen LogP contribution in [-0.2, 0) is 9.53 Å². The lowest BCUT2D eigenvalue weighted by molar-refractivity contribution is -0.124. The maximum Gasteiger partial charge on any atom is 0.258 e. The fourth-order valence-electron chi connectivity index (χ4n) is 3.52. The molecule has 0 radical (unpaired) electrons. The number of likely N-dealkylation sites (tertiary alicyclic amines) is 1. The van der Waals surface area contributed by atoms with E-state index in [0.29, 0.717) is 11.8 Å². The molecule has 3 rings (SSSR count). The van der Waals surface area contributed by atoms with Gasteiger partial charge in [-0.3, -0.25) is 9.69 Å².